The van der Waals surface area contributed by atoms with E-state index in [2.05, 4.69) is 32.2 Å². The van der Waals surface area contributed by atoms with Gasteiger partial charge in [-0.15, -0.1) is 0 Å². The minimum Gasteiger partial charge on any atom is -0.370 e. The molecule has 0 atom stereocenters. The predicted octanol–water partition coefficient (Wildman–Crippen LogP) is 2.80. The van der Waals surface area contributed by atoms with Crippen LogP contribution >= 0.6 is 11.8 Å². The van der Waals surface area contributed by atoms with Crippen molar-refractivity contribution in [1.29, 1.82) is 0 Å². The number of aromatic nitrogens is 4. The zero-order valence-electron chi connectivity index (χ0n) is 11.1. The molecule has 0 bridgehead atoms. The second kappa shape index (κ2) is 7.04. The van der Waals surface area contributed by atoms with E-state index in [-0.39, 0.29) is 0 Å². The lowest BCUT2D eigenvalue weighted by Crippen LogP contribution is -2.05. The van der Waals surface area contributed by atoms with Crippen molar-refractivity contribution < 1.29 is 0 Å². The smallest absolute Gasteiger partial charge is 0.193 e. The van der Waals surface area contributed by atoms with Crippen LogP contribution < -0.4 is 5.32 Å². The Bertz CT molecular complexity index is 518. The van der Waals surface area contributed by atoms with Crippen LogP contribution in [-0.2, 0) is 6.42 Å². The molecule has 1 N–H and O–H groups in total. The summed E-state index contributed by atoms with van der Waals surface area (Å²) in [6.07, 6.45) is 5.33. The number of aryl methyl sites for hydroxylation is 1. The molecule has 19 heavy (non-hydrogen) atoms. The van der Waals surface area contributed by atoms with Gasteiger partial charge in [0, 0.05) is 31.4 Å². The summed E-state index contributed by atoms with van der Waals surface area (Å²) < 4.78 is 0. The molecule has 0 aliphatic rings. The van der Waals surface area contributed by atoms with Gasteiger partial charge in [-0.05, 0) is 24.2 Å². The molecule has 0 aromatic carbocycles. The standard InChI is InChI=1S/C13H17N5S/c1-3-6-14-11-9-12(18-10(4-2)17-11)19-13-15-7-5-8-16-13/h5,7-9H,3-4,6H2,1-2H3,(H,14,17,18). The molecule has 0 saturated heterocycles. The highest BCUT2D eigenvalue weighted by atomic mass is 32.2. The molecule has 2 aromatic rings. The lowest BCUT2D eigenvalue weighted by atomic mass is 10.4. The Morgan fingerprint density at radius 2 is 1.95 bits per heavy atom. The zero-order chi connectivity index (χ0) is 13.5. The summed E-state index contributed by atoms with van der Waals surface area (Å²) in [7, 11) is 0. The van der Waals surface area contributed by atoms with Crippen LogP contribution in [-0.4, -0.2) is 26.5 Å². The van der Waals surface area contributed by atoms with Crippen molar-refractivity contribution in [2.24, 2.45) is 0 Å². The highest BCUT2D eigenvalue weighted by molar-refractivity contribution is 7.99. The minimum absolute atomic E-state index is 0.699. The second-order valence-electron chi connectivity index (χ2n) is 3.92. The molecule has 2 heterocycles. The second-order valence-corrected chi connectivity index (χ2v) is 4.91. The summed E-state index contributed by atoms with van der Waals surface area (Å²) in [5.74, 6) is 1.70. The zero-order valence-corrected chi connectivity index (χ0v) is 11.9. The van der Waals surface area contributed by atoms with Gasteiger partial charge in [-0.25, -0.2) is 19.9 Å². The molecule has 0 amide bonds. The fourth-order valence-electron chi connectivity index (χ4n) is 1.46. The fourth-order valence-corrected chi connectivity index (χ4v) is 2.19. The number of anilines is 1. The molecule has 2 aromatic heterocycles. The van der Waals surface area contributed by atoms with E-state index in [1.54, 1.807) is 18.5 Å². The maximum absolute atomic E-state index is 4.49. The van der Waals surface area contributed by atoms with Gasteiger partial charge in [0.1, 0.15) is 16.7 Å². The summed E-state index contributed by atoms with van der Waals surface area (Å²) in [4.78, 5) is 17.3. The quantitative estimate of drug-likeness (QED) is 0.646. The van der Waals surface area contributed by atoms with E-state index in [0.717, 1.165) is 36.1 Å². The molecule has 0 unspecified atom stereocenters. The third-order valence-electron chi connectivity index (χ3n) is 2.36. The molecule has 0 saturated carbocycles. The first kappa shape index (κ1) is 13.7. The fraction of sp³-hybridized carbons (Fsp3) is 0.385. The molecule has 6 heteroatoms. The monoisotopic (exact) mass is 275 g/mol. The lowest BCUT2D eigenvalue weighted by Gasteiger charge is -2.07. The first-order chi connectivity index (χ1) is 9.31. The molecular weight excluding hydrogens is 258 g/mol. The van der Waals surface area contributed by atoms with E-state index >= 15 is 0 Å². The summed E-state index contributed by atoms with van der Waals surface area (Å²) in [5.41, 5.74) is 0. The van der Waals surface area contributed by atoms with Gasteiger partial charge in [0.05, 0.1) is 0 Å². The van der Waals surface area contributed by atoms with Gasteiger partial charge >= 0.3 is 0 Å². The molecule has 0 fully saturated rings. The van der Waals surface area contributed by atoms with Crippen molar-refractivity contribution in [3.8, 4) is 0 Å². The molecule has 2 rings (SSSR count). The third-order valence-corrected chi connectivity index (χ3v) is 3.17. The lowest BCUT2D eigenvalue weighted by molar-refractivity contribution is 0.873. The van der Waals surface area contributed by atoms with E-state index in [1.807, 2.05) is 13.0 Å². The Morgan fingerprint density at radius 1 is 1.16 bits per heavy atom. The van der Waals surface area contributed by atoms with E-state index in [4.69, 9.17) is 0 Å². The van der Waals surface area contributed by atoms with Gasteiger partial charge in [0.25, 0.3) is 0 Å². The number of nitrogens with zero attached hydrogens (tertiary/aromatic N) is 4. The van der Waals surface area contributed by atoms with Gasteiger partial charge in [0.15, 0.2) is 5.16 Å². The maximum atomic E-state index is 4.49. The maximum Gasteiger partial charge on any atom is 0.193 e. The van der Waals surface area contributed by atoms with Crippen LogP contribution in [0.2, 0.25) is 0 Å². The number of hydrogen-bond donors (Lipinski definition) is 1. The molecule has 5 nitrogen and oxygen atoms in total. The van der Waals surface area contributed by atoms with Gasteiger partial charge in [-0.1, -0.05) is 13.8 Å². The topological polar surface area (TPSA) is 63.6 Å². The van der Waals surface area contributed by atoms with Crippen molar-refractivity contribution in [1.82, 2.24) is 19.9 Å². The van der Waals surface area contributed by atoms with Crippen LogP contribution in [0.1, 0.15) is 26.1 Å². The highest BCUT2D eigenvalue weighted by Crippen LogP contribution is 2.24. The Hall–Kier alpha value is -1.69. The summed E-state index contributed by atoms with van der Waals surface area (Å²) in [6, 6.07) is 3.74. The Kier molecular flexibility index (Phi) is 5.09. The Balaban J connectivity index is 2.19. The van der Waals surface area contributed by atoms with Crippen LogP contribution in [0.3, 0.4) is 0 Å². The van der Waals surface area contributed by atoms with E-state index in [0.29, 0.717) is 5.16 Å². The van der Waals surface area contributed by atoms with Crippen molar-refractivity contribution >= 4 is 17.6 Å². The first-order valence-corrected chi connectivity index (χ1v) is 7.20. The average Bonchev–Trinajstić information content (AvgIpc) is 2.46. The van der Waals surface area contributed by atoms with E-state index in [9.17, 15) is 0 Å². The van der Waals surface area contributed by atoms with Crippen LogP contribution in [0.25, 0.3) is 0 Å². The van der Waals surface area contributed by atoms with E-state index in [1.165, 1.54) is 11.8 Å². The normalized spacial score (nSPS) is 10.4. The third kappa shape index (κ3) is 4.17. The van der Waals surface area contributed by atoms with Crippen molar-refractivity contribution in [3.05, 3.63) is 30.4 Å². The summed E-state index contributed by atoms with van der Waals surface area (Å²) >= 11 is 1.45. The number of nitrogens with one attached hydrogen (secondary N) is 1. The SMILES string of the molecule is CCCNc1cc(Sc2ncccn2)nc(CC)n1. The Labute approximate surface area is 117 Å². The number of hydrogen-bond acceptors (Lipinski definition) is 6. The van der Waals surface area contributed by atoms with Crippen molar-refractivity contribution in [2.45, 2.75) is 36.9 Å². The molecule has 0 aliphatic carbocycles. The summed E-state index contributed by atoms with van der Waals surface area (Å²) in [5, 5.41) is 4.86. The van der Waals surface area contributed by atoms with Gasteiger partial charge in [0.2, 0.25) is 0 Å². The average molecular weight is 275 g/mol. The summed E-state index contributed by atoms with van der Waals surface area (Å²) in [6.45, 7) is 5.08. The minimum atomic E-state index is 0.699. The van der Waals surface area contributed by atoms with Crippen molar-refractivity contribution in [3.63, 3.8) is 0 Å². The van der Waals surface area contributed by atoms with Crippen LogP contribution in [0.4, 0.5) is 5.82 Å². The van der Waals surface area contributed by atoms with Gasteiger partial charge in [-0.2, -0.15) is 0 Å². The largest absolute Gasteiger partial charge is 0.370 e. The first-order valence-electron chi connectivity index (χ1n) is 6.38. The van der Waals surface area contributed by atoms with Crippen molar-refractivity contribution in [2.75, 3.05) is 11.9 Å². The predicted molar refractivity (Wildman–Crippen MR) is 76.3 cm³/mol. The van der Waals surface area contributed by atoms with Crippen LogP contribution in [0.5, 0.6) is 0 Å². The van der Waals surface area contributed by atoms with Crippen LogP contribution in [0.15, 0.2) is 34.7 Å². The Morgan fingerprint density at radius 3 is 2.63 bits per heavy atom. The molecule has 0 aliphatic heterocycles. The molecule has 0 spiro atoms. The van der Waals surface area contributed by atoms with Gasteiger partial charge in [-0.3, -0.25) is 0 Å². The van der Waals surface area contributed by atoms with Crippen LogP contribution in [0, 0.1) is 0 Å². The molecule has 100 valence electrons. The highest BCUT2D eigenvalue weighted by Gasteiger charge is 2.06. The number of rotatable bonds is 6. The molecule has 0 radical (unpaired) electrons. The van der Waals surface area contributed by atoms with Gasteiger partial charge < -0.3 is 5.32 Å². The molecular formula is C13H17N5S. The van der Waals surface area contributed by atoms with E-state index < -0.39 is 0 Å².